The van der Waals surface area contributed by atoms with E-state index in [1.165, 1.54) is 12.8 Å². The van der Waals surface area contributed by atoms with E-state index < -0.39 is 12.0 Å². The average molecular weight is 186 g/mol. The monoisotopic (exact) mass is 186 g/mol. The average Bonchev–Trinajstić information content (AvgIpc) is 2.88. The van der Waals surface area contributed by atoms with Crippen LogP contribution in [0.2, 0.25) is 0 Å². The fraction of sp³-hybridized carbons (Fsp3) is 0.889. The van der Waals surface area contributed by atoms with Gasteiger partial charge in [-0.05, 0) is 32.7 Å². The molecular weight excluding hydrogens is 168 g/mol. The summed E-state index contributed by atoms with van der Waals surface area (Å²) in [7, 11) is 1.84. The highest BCUT2D eigenvalue weighted by Gasteiger charge is 2.35. The molecule has 0 heterocycles. The Morgan fingerprint density at radius 1 is 1.69 bits per heavy atom. The van der Waals surface area contributed by atoms with Crippen LogP contribution in [0.15, 0.2) is 0 Å². The lowest BCUT2D eigenvalue weighted by molar-refractivity contribution is -0.143. The van der Waals surface area contributed by atoms with E-state index in [-0.39, 0.29) is 6.04 Å². The minimum Gasteiger partial charge on any atom is -0.480 e. The molecule has 0 bridgehead atoms. The summed E-state index contributed by atoms with van der Waals surface area (Å²) in [5.41, 5.74) is 5.62. The Morgan fingerprint density at radius 2 is 2.23 bits per heavy atom. The highest BCUT2D eigenvalue weighted by Crippen LogP contribution is 2.35. The SMILES string of the molecule is CC(C(=O)O)N(C)C(CN)C1CC1. The molecule has 0 spiro atoms. The van der Waals surface area contributed by atoms with E-state index in [9.17, 15) is 4.79 Å². The van der Waals surface area contributed by atoms with Crippen LogP contribution in [0, 0.1) is 5.92 Å². The lowest BCUT2D eigenvalue weighted by Crippen LogP contribution is -2.47. The number of likely N-dealkylation sites (N-methyl/N-ethyl adjacent to an activating group) is 1. The van der Waals surface area contributed by atoms with Gasteiger partial charge in [0.05, 0.1) is 0 Å². The van der Waals surface area contributed by atoms with E-state index in [0.29, 0.717) is 12.5 Å². The van der Waals surface area contributed by atoms with Crippen molar-refractivity contribution in [2.24, 2.45) is 11.7 Å². The van der Waals surface area contributed by atoms with Crippen LogP contribution >= 0.6 is 0 Å². The minimum absolute atomic E-state index is 0.242. The molecule has 4 nitrogen and oxygen atoms in total. The molecule has 2 unspecified atom stereocenters. The number of aliphatic carboxylic acids is 1. The Bertz CT molecular complexity index is 192. The predicted octanol–water partition coefficient (Wildman–Crippen LogP) is 0.129. The largest absolute Gasteiger partial charge is 0.480 e. The number of nitrogens with two attached hydrogens (primary N) is 1. The molecule has 2 atom stereocenters. The standard InChI is InChI=1S/C9H18N2O2/c1-6(9(12)13)11(2)8(5-10)7-3-4-7/h6-8H,3-5,10H2,1-2H3,(H,12,13). The number of hydrogen-bond acceptors (Lipinski definition) is 3. The molecule has 0 amide bonds. The van der Waals surface area contributed by atoms with Crippen LogP contribution in [0.5, 0.6) is 0 Å². The fourth-order valence-corrected chi connectivity index (χ4v) is 1.63. The van der Waals surface area contributed by atoms with Gasteiger partial charge in [-0.25, -0.2) is 0 Å². The fourth-order valence-electron chi connectivity index (χ4n) is 1.63. The summed E-state index contributed by atoms with van der Waals surface area (Å²) in [4.78, 5) is 12.6. The first-order chi connectivity index (χ1) is 6.07. The molecule has 0 aromatic heterocycles. The number of rotatable bonds is 5. The third kappa shape index (κ3) is 2.42. The zero-order chi connectivity index (χ0) is 10.0. The Hall–Kier alpha value is -0.610. The van der Waals surface area contributed by atoms with Crippen LogP contribution in [-0.4, -0.2) is 41.7 Å². The topological polar surface area (TPSA) is 66.6 Å². The second-order valence-corrected chi connectivity index (χ2v) is 3.82. The van der Waals surface area contributed by atoms with Crippen molar-refractivity contribution in [3.8, 4) is 0 Å². The van der Waals surface area contributed by atoms with Gasteiger partial charge in [-0.1, -0.05) is 0 Å². The van der Waals surface area contributed by atoms with Crippen molar-refractivity contribution in [3.63, 3.8) is 0 Å². The van der Waals surface area contributed by atoms with Crippen LogP contribution < -0.4 is 5.73 Å². The minimum atomic E-state index is -0.776. The Balaban J connectivity index is 2.51. The molecule has 1 aliphatic carbocycles. The van der Waals surface area contributed by atoms with Gasteiger partial charge in [0.1, 0.15) is 6.04 Å². The normalized spacial score (nSPS) is 21.5. The van der Waals surface area contributed by atoms with E-state index in [4.69, 9.17) is 10.8 Å². The summed E-state index contributed by atoms with van der Waals surface area (Å²) in [6.07, 6.45) is 2.39. The molecule has 1 rings (SSSR count). The molecule has 0 saturated heterocycles. The molecular formula is C9H18N2O2. The molecule has 0 aromatic carbocycles. The summed E-state index contributed by atoms with van der Waals surface area (Å²) in [6.45, 7) is 2.26. The van der Waals surface area contributed by atoms with Crippen LogP contribution in [0.1, 0.15) is 19.8 Å². The molecule has 1 aliphatic rings. The maximum absolute atomic E-state index is 10.7. The summed E-state index contributed by atoms with van der Waals surface area (Å²) in [6, 6.07) is -0.194. The van der Waals surface area contributed by atoms with Crippen molar-refractivity contribution in [1.82, 2.24) is 4.90 Å². The van der Waals surface area contributed by atoms with Gasteiger partial charge >= 0.3 is 5.97 Å². The van der Waals surface area contributed by atoms with Crippen molar-refractivity contribution in [3.05, 3.63) is 0 Å². The van der Waals surface area contributed by atoms with Gasteiger partial charge < -0.3 is 10.8 Å². The summed E-state index contributed by atoms with van der Waals surface area (Å²) in [5.74, 6) is -0.154. The molecule has 1 fully saturated rings. The molecule has 0 aliphatic heterocycles. The Morgan fingerprint density at radius 3 is 2.54 bits per heavy atom. The number of hydrogen-bond donors (Lipinski definition) is 2. The molecule has 3 N–H and O–H groups in total. The summed E-state index contributed by atoms with van der Waals surface area (Å²) < 4.78 is 0. The number of carboxylic acids is 1. The van der Waals surface area contributed by atoms with Gasteiger partial charge in [-0.3, -0.25) is 9.69 Å². The van der Waals surface area contributed by atoms with Crippen LogP contribution in [0.3, 0.4) is 0 Å². The van der Waals surface area contributed by atoms with Gasteiger partial charge in [0.15, 0.2) is 0 Å². The number of carbonyl (C=O) groups is 1. The Labute approximate surface area is 78.7 Å². The first kappa shape index (κ1) is 10.5. The highest BCUT2D eigenvalue weighted by molar-refractivity contribution is 5.72. The van der Waals surface area contributed by atoms with Gasteiger partial charge in [0.25, 0.3) is 0 Å². The van der Waals surface area contributed by atoms with Crippen molar-refractivity contribution in [1.29, 1.82) is 0 Å². The second kappa shape index (κ2) is 4.07. The van der Waals surface area contributed by atoms with Gasteiger partial charge in [0.2, 0.25) is 0 Å². The molecule has 0 radical (unpaired) electrons. The van der Waals surface area contributed by atoms with E-state index in [2.05, 4.69) is 0 Å². The predicted molar refractivity (Wildman–Crippen MR) is 50.4 cm³/mol. The molecule has 1 saturated carbocycles. The van der Waals surface area contributed by atoms with Crippen molar-refractivity contribution in [2.45, 2.75) is 31.8 Å². The van der Waals surface area contributed by atoms with Crippen molar-refractivity contribution >= 4 is 5.97 Å². The van der Waals surface area contributed by atoms with E-state index in [1.54, 1.807) is 6.92 Å². The van der Waals surface area contributed by atoms with E-state index in [0.717, 1.165) is 0 Å². The van der Waals surface area contributed by atoms with Crippen molar-refractivity contribution < 1.29 is 9.90 Å². The first-order valence-corrected chi connectivity index (χ1v) is 4.72. The molecule has 4 heteroatoms. The van der Waals surface area contributed by atoms with Gasteiger partial charge in [-0.15, -0.1) is 0 Å². The summed E-state index contributed by atoms with van der Waals surface area (Å²) >= 11 is 0. The first-order valence-electron chi connectivity index (χ1n) is 4.72. The smallest absolute Gasteiger partial charge is 0.320 e. The maximum atomic E-state index is 10.7. The third-order valence-corrected chi connectivity index (χ3v) is 2.90. The highest BCUT2D eigenvalue weighted by atomic mass is 16.4. The van der Waals surface area contributed by atoms with Crippen LogP contribution in [0.4, 0.5) is 0 Å². The van der Waals surface area contributed by atoms with Crippen LogP contribution in [0.25, 0.3) is 0 Å². The lowest BCUT2D eigenvalue weighted by Gasteiger charge is -2.30. The lowest BCUT2D eigenvalue weighted by atomic mass is 10.1. The van der Waals surface area contributed by atoms with E-state index >= 15 is 0 Å². The quantitative estimate of drug-likeness (QED) is 0.640. The Kier molecular flexibility index (Phi) is 3.27. The molecule has 76 valence electrons. The number of nitrogens with zero attached hydrogens (tertiary/aromatic N) is 1. The molecule has 13 heavy (non-hydrogen) atoms. The third-order valence-electron chi connectivity index (χ3n) is 2.90. The maximum Gasteiger partial charge on any atom is 0.320 e. The van der Waals surface area contributed by atoms with E-state index in [1.807, 2.05) is 11.9 Å². The van der Waals surface area contributed by atoms with Gasteiger partial charge in [0, 0.05) is 12.6 Å². The van der Waals surface area contributed by atoms with Crippen LogP contribution in [-0.2, 0) is 4.79 Å². The van der Waals surface area contributed by atoms with Gasteiger partial charge in [-0.2, -0.15) is 0 Å². The zero-order valence-corrected chi connectivity index (χ0v) is 8.23. The second-order valence-electron chi connectivity index (χ2n) is 3.82. The summed E-state index contributed by atoms with van der Waals surface area (Å²) in [5, 5.41) is 8.82. The number of carboxylic acid groups (broad SMARTS) is 1. The molecule has 0 aromatic rings. The van der Waals surface area contributed by atoms with Crippen molar-refractivity contribution in [2.75, 3.05) is 13.6 Å². The zero-order valence-electron chi connectivity index (χ0n) is 8.23.